The predicted octanol–water partition coefficient (Wildman–Crippen LogP) is 4.43. The number of hydrogen-bond acceptors (Lipinski definition) is 1. The fraction of sp³-hybridized carbons (Fsp3) is 0.647. The summed E-state index contributed by atoms with van der Waals surface area (Å²) in [6, 6.07) is 9.95. The van der Waals surface area contributed by atoms with Crippen molar-refractivity contribution >= 4 is 0 Å². The molecule has 18 heavy (non-hydrogen) atoms. The summed E-state index contributed by atoms with van der Waals surface area (Å²) in [6.07, 6.45) is 5.17. The van der Waals surface area contributed by atoms with E-state index in [1.807, 2.05) is 0 Å². The van der Waals surface area contributed by atoms with Gasteiger partial charge in [-0.3, -0.25) is 4.90 Å². The topological polar surface area (TPSA) is 3.24 Å². The monoisotopic (exact) mass is 245 g/mol. The zero-order valence-electron chi connectivity index (χ0n) is 12.2. The minimum Gasteiger partial charge on any atom is -0.296 e. The van der Waals surface area contributed by atoms with Crippen LogP contribution in [-0.2, 0) is 6.42 Å². The second-order valence-electron chi connectivity index (χ2n) is 5.98. The molecule has 1 heterocycles. The summed E-state index contributed by atoms with van der Waals surface area (Å²) in [5.41, 5.74) is 2.96. The van der Waals surface area contributed by atoms with Crippen LogP contribution in [0.3, 0.4) is 0 Å². The zero-order valence-corrected chi connectivity index (χ0v) is 12.2. The largest absolute Gasteiger partial charge is 0.296 e. The minimum absolute atomic E-state index is 0.637. The van der Waals surface area contributed by atoms with Crippen molar-refractivity contribution in [2.45, 2.75) is 52.5 Å². The van der Waals surface area contributed by atoms with Gasteiger partial charge in [0.15, 0.2) is 0 Å². The molecule has 1 atom stereocenters. The van der Waals surface area contributed by atoms with Crippen LogP contribution in [0.5, 0.6) is 0 Å². The van der Waals surface area contributed by atoms with Crippen molar-refractivity contribution in [3.05, 3.63) is 35.4 Å². The Morgan fingerprint density at radius 1 is 1.06 bits per heavy atom. The second kappa shape index (κ2) is 6.38. The van der Waals surface area contributed by atoms with Crippen LogP contribution in [0.15, 0.2) is 24.3 Å². The number of nitrogens with zero attached hydrogens (tertiary/aromatic N) is 1. The van der Waals surface area contributed by atoms with Gasteiger partial charge >= 0.3 is 0 Å². The van der Waals surface area contributed by atoms with Gasteiger partial charge in [0.25, 0.3) is 0 Å². The van der Waals surface area contributed by atoms with E-state index >= 15 is 0 Å². The lowest BCUT2D eigenvalue weighted by Gasteiger charge is -2.29. The molecule has 1 aliphatic heterocycles. The van der Waals surface area contributed by atoms with Crippen molar-refractivity contribution in [2.75, 3.05) is 13.1 Å². The lowest BCUT2D eigenvalue weighted by atomic mass is 9.95. The van der Waals surface area contributed by atoms with E-state index in [9.17, 15) is 0 Å². The van der Waals surface area contributed by atoms with Crippen molar-refractivity contribution in [1.82, 2.24) is 4.90 Å². The molecular formula is C17H27N. The van der Waals surface area contributed by atoms with Gasteiger partial charge in [-0.2, -0.15) is 0 Å². The van der Waals surface area contributed by atoms with Gasteiger partial charge in [0.2, 0.25) is 0 Å². The summed E-state index contributed by atoms with van der Waals surface area (Å²) in [5, 5.41) is 0. The number of likely N-dealkylation sites (tertiary alicyclic amines) is 1. The first-order valence-electron chi connectivity index (χ1n) is 7.53. The first-order valence-corrected chi connectivity index (χ1v) is 7.53. The average Bonchev–Trinajstić information content (AvgIpc) is 2.89. The van der Waals surface area contributed by atoms with E-state index in [0.717, 1.165) is 12.3 Å². The molecule has 0 amide bonds. The Hall–Kier alpha value is -0.820. The Bertz CT molecular complexity index is 346. The quantitative estimate of drug-likeness (QED) is 0.741. The fourth-order valence-electron chi connectivity index (χ4n) is 2.97. The maximum atomic E-state index is 2.68. The molecular weight excluding hydrogens is 218 g/mol. The summed E-state index contributed by atoms with van der Waals surface area (Å²) in [6.45, 7) is 9.47. The van der Waals surface area contributed by atoms with Gasteiger partial charge in [0, 0.05) is 6.04 Å². The van der Waals surface area contributed by atoms with Crippen LogP contribution in [0.4, 0.5) is 0 Å². The van der Waals surface area contributed by atoms with E-state index in [4.69, 9.17) is 0 Å². The Kier molecular flexibility index (Phi) is 4.82. The van der Waals surface area contributed by atoms with E-state index in [1.54, 1.807) is 0 Å². The van der Waals surface area contributed by atoms with Crippen LogP contribution < -0.4 is 0 Å². The van der Waals surface area contributed by atoms with Crippen molar-refractivity contribution in [1.29, 1.82) is 0 Å². The van der Waals surface area contributed by atoms with E-state index in [0.29, 0.717) is 6.04 Å². The normalized spacial score (nSPS) is 18.4. The van der Waals surface area contributed by atoms with Gasteiger partial charge < -0.3 is 0 Å². The predicted molar refractivity (Wildman–Crippen MR) is 78.8 cm³/mol. The van der Waals surface area contributed by atoms with Crippen molar-refractivity contribution in [2.24, 2.45) is 5.92 Å². The van der Waals surface area contributed by atoms with Gasteiger partial charge in [-0.05, 0) is 55.8 Å². The molecule has 1 unspecified atom stereocenters. The molecule has 0 radical (unpaired) electrons. The van der Waals surface area contributed by atoms with Crippen LogP contribution in [0.2, 0.25) is 0 Å². The molecule has 0 saturated carbocycles. The summed E-state index contributed by atoms with van der Waals surface area (Å²) in [5.74, 6) is 0.765. The molecule has 1 nitrogen and oxygen atoms in total. The highest BCUT2D eigenvalue weighted by Crippen LogP contribution is 2.30. The van der Waals surface area contributed by atoms with Gasteiger partial charge in [-0.15, -0.1) is 0 Å². The molecule has 1 saturated heterocycles. The SMILES string of the molecule is CCc1ccc(C(CC(C)C)N2CCCC2)cc1. The molecule has 100 valence electrons. The smallest absolute Gasteiger partial charge is 0.0350 e. The summed E-state index contributed by atoms with van der Waals surface area (Å²) in [7, 11) is 0. The minimum atomic E-state index is 0.637. The molecule has 0 bridgehead atoms. The summed E-state index contributed by atoms with van der Waals surface area (Å²) >= 11 is 0. The number of aryl methyl sites for hydroxylation is 1. The van der Waals surface area contributed by atoms with Gasteiger partial charge in [-0.25, -0.2) is 0 Å². The molecule has 1 heteroatoms. The first-order chi connectivity index (χ1) is 8.70. The molecule has 2 rings (SSSR count). The van der Waals surface area contributed by atoms with Crippen LogP contribution in [0.25, 0.3) is 0 Å². The van der Waals surface area contributed by atoms with Gasteiger partial charge in [0.1, 0.15) is 0 Å². The highest BCUT2D eigenvalue weighted by molar-refractivity contribution is 5.25. The molecule has 1 fully saturated rings. The Balaban J connectivity index is 2.15. The van der Waals surface area contributed by atoms with E-state index in [1.165, 1.54) is 43.5 Å². The lowest BCUT2D eigenvalue weighted by Crippen LogP contribution is -2.26. The molecule has 1 aromatic carbocycles. The maximum Gasteiger partial charge on any atom is 0.0350 e. The number of benzene rings is 1. The highest BCUT2D eigenvalue weighted by atomic mass is 15.2. The third kappa shape index (κ3) is 3.35. The van der Waals surface area contributed by atoms with Crippen LogP contribution in [-0.4, -0.2) is 18.0 Å². The third-order valence-electron chi connectivity index (χ3n) is 4.05. The Labute approximate surface area is 112 Å². The molecule has 0 aliphatic carbocycles. The lowest BCUT2D eigenvalue weighted by molar-refractivity contribution is 0.215. The first kappa shape index (κ1) is 13.6. The molecule has 1 aromatic rings. The molecule has 1 aliphatic rings. The summed E-state index contributed by atoms with van der Waals surface area (Å²) in [4.78, 5) is 2.68. The van der Waals surface area contributed by atoms with Crippen LogP contribution >= 0.6 is 0 Å². The van der Waals surface area contributed by atoms with Crippen molar-refractivity contribution in [3.63, 3.8) is 0 Å². The van der Waals surface area contributed by atoms with E-state index in [-0.39, 0.29) is 0 Å². The van der Waals surface area contributed by atoms with E-state index in [2.05, 4.69) is 49.9 Å². The number of hydrogen-bond donors (Lipinski definition) is 0. The third-order valence-corrected chi connectivity index (χ3v) is 4.05. The molecule has 0 N–H and O–H groups in total. The highest BCUT2D eigenvalue weighted by Gasteiger charge is 2.23. The van der Waals surface area contributed by atoms with Crippen LogP contribution in [0.1, 0.15) is 57.2 Å². The second-order valence-corrected chi connectivity index (χ2v) is 5.98. The fourth-order valence-corrected chi connectivity index (χ4v) is 2.97. The number of rotatable bonds is 5. The van der Waals surface area contributed by atoms with Crippen LogP contribution in [0, 0.1) is 5.92 Å². The molecule has 0 aromatic heterocycles. The Morgan fingerprint density at radius 3 is 2.17 bits per heavy atom. The standard InChI is InChI=1S/C17H27N/c1-4-15-7-9-16(10-8-15)17(13-14(2)3)18-11-5-6-12-18/h7-10,14,17H,4-6,11-13H2,1-3H3. The van der Waals surface area contributed by atoms with Gasteiger partial charge in [-0.1, -0.05) is 45.0 Å². The van der Waals surface area contributed by atoms with Crippen molar-refractivity contribution in [3.8, 4) is 0 Å². The Morgan fingerprint density at radius 2 is 1.67 bits per heavy atom. The maximum absolute atomic E-state index is 2.68. The van der Waals surface area contributed by atoms with Gasteiger partial charge in [0.05, 0.1) is 0 Å². The zero-order chi connectivity index (χ0) is 13.0. The summed E-state index contributed by atoms with van der Waals surface area (Å²) < 4.78 is 0. The van der Waals surface area contributed by atoms with Crippen molar-refractivity contribution < 1.29 is 0 Å². The van der Waals surface area contributed by atoms with E-state index < -0.39 is 0 Å². The molecule has 0 spiro atoms. The average molecular weight is 245 g/mol.